The normalized spacial score (nSPS) is 15.7. The average molecular weight is 342 g/mol. The average Bonchev–Trinajstić information content (AvgIpc) is 3.18. The zero-order chi connectivity index (χ0) is 18.0. The van der Waals surface area contributed by atoms with Gasteiger partial charge in [-0.2, -0.15) is 0 Å². The van der Waals surface area contributed by atoms with Crippen LogP contribution in [0.25, 0.3) is 0 Å². The van der Waals surface area contributed by atoms with Crippen molar-refractivity contribution >= 4 is 5.91 Å². The Morgan fingerprint density at radius 3 is 2.60 bits per heavy atom. The van der Waals surface area contributed by atoms with Gasteiger partial charge in [-0.1, -0.05) is 31.5 Å². The van der Waals surface area contributed by atoms with Gasteiger partial charge in [0, 0.05) is 13.0 Å². The van der Waals surface area contributed by atoms with Gasteiger partial charge in [0.05, 0.1) is 6.04 Å². The number of hydrogen-bond donors (Lipinski definition) is 1. The minimum absolute atomic E-state index is 0.144. The van der Waals surface area contributed by atoms with Crippen LogP contribution in [0, 0.1) is 12.8 Å². The third kappa shape index (κ3) is 3.83. The summed E-state index contributed by atoms with van der Waals surface area (Å²) < 4.78 is 7.90. The number of amides is 1. The van der Waals surface area contributed by atoms with Crippen molar-refractivity contribution < 1.29 is 9.53 Å². The number of rotatable bonds is 6. The second kappa shape index (κ2) is 7.25. The molecule has 1 aromatic carbocycles. The zero-order valence-electron chi connectivity index (χ0n) is 15.3. The summed E-state index contributed by atoms with van der Waals surface area (Å²) in [6.07, 6.45) is 1.47. The minimum Gasteiger partial charge on any atom is -0.481 e. The summed E-state index contributed by atoms with van der Waals surface area (Å²) in [4.78, 5) is 12.6. The number of nitrogens with zero attached hydrogens (tertiary/aromatic N) is 3. The molecule has 1 amide bonds. The van der Waals surface area contributed by atoms with Gasteiger partial charge in [-0.25, -0.2) is 0 Å². The Hall–Kier alpha value is -2.37. The molecule has 0 saturated heterocycles. The number of fused-ring (bicyclic) bond motifs is 1. The Labute approximate surface area is 148 Å². The van der Waals surface area contributed by atoms with Crippen LogP contribution >= 0.6 is 0 Å². The molecule has 6 heteroatoms. The monoisotopic (exact) mass is 342 g/mol. The number of carbonyl (C=O) groups is 1. The van der Waals surface area contributed by atoms with Crippen LogP contribution in [-0.2, 0) is 17.8 Å². The highest BCUT2D eigenvalue weighted by Gasteiger charge is 2.29. The van der Waals surface area contributed by atoms with E-state index in [1.54, 1.807) is 6.92 Å². The predicted octanol–water partition coefficient (Wildman–Crippen LogP) is 2.81. The lowest BCUT2D eigenvalue weighted by molar-refractivity contribution is -0.128. The Bertz CT molecular complexity index is 736. The molecular weight excluding hydrogens is 316 g/mol. The number of nitrogens with one attached hydrogen (secondary N) is 1. The van der Waals surface area contributed by atoms with Crippen molar-refractivity contribution in [1.82, 2.24) is 20.1 Å². The number of benzene rings is 1. The summed E-state index contributed by atoms with van der Waals surface area (Å²) in [5.74, 6) is 2.62. The summed E-state index contributed by atoms with van der Waals surface area (Å²) in [7, 11) is 0. The van der Waals surface area contributed by atoms with Crippen LogP contribution in [0.15, 0.2) is 24.3 Å². The molecule has 1 N–H and O–H groups in total. The fourth-order valence-electron chi connectivity index (χ4n) is 3.08. The Morgan fingerprint density at radius 2 is 1.92 bits per heavy atom. The number of carbonyl (C=O) groups excluding carboxylic acids is 1. The molecule has 6 nitrogen and oxygen atoms in total. The molecule has 134 valence electrons. The van der Waals surface area contributed by atoms with E-state index in [1.165, 1.54) is 0 Å². The molecule has 0 spiro atoms. The molecule has 0 saturated carbocycles. The quantitative estimate of drug-likeness (QED) is 0.876. The summed E-state index contributed by atoms with van der Waals surface area (Å²) in [6, 6.07) is 7.53. The first-order valence-corrected chi connectivity index (χ1v) is 8.91. The van der Waals surface area contributed by atoms with Crippen LogP contribution in [-0.4, -0.2) is 26.8 Å². The lowest BCUT2D eigenvalue weighted by Crippen LogP contribution is -2.41. The highest BCUT2D eigenvalue weighted by molar-refractivity contribution is 5.81. The van der Waals surface area contributed by atoms with Crippen LogP contribution in [0.5, 0.6) is 5.75 Å². The molecule has 25 heavy (non-hydrogen) atoms. The number of aryl methyl sites for hydroxylation is 2. The molecule has 0 bridgehead atoms. The molecule has 0 aliphatic carbocycles. The van der Waals surface area contributed by atoms with Gasteiger partial charge in [0.2, 0.25) is 0 Å². The molecule has 2 atom stereocenters. The van der Waals surface area contributed by atoms with Crippen LogP contribution in [0.4, 0.5) is 0 Å². The predicted molar refractivity (Wildman–Crippen MR) is 95.3 cm³/mol. The Balaban J connectivity index is 1.69. The summed E-state index contributed by atoms with van der Waals surface area (Å²) in [6.45, 7) is 8.86. The standard InChI is InChI=1S/C19H26N4O2/c1-12(2)17(18-22-21-16-6-5-11-23(16)18)20-19(24)14(4)25-15-9-7-13(3)8-10-15/h7-10,12,14,17H,5-6,11H2,1-4H3,(H,20,24)/t14-,17+/m1/s1. The van der Waals surface area contributed by atoms with Gasteiger partial charge in [0.15, 0.2) is 11.9 Å². The van der Waals surface area contributed by atoms with E-state index in [0.717, 1.165) is 36.6 Å². The summed E-state index contributed by atoms with van der Waals surface area (Å²) in [5, 5.41) is 11.7. The van der Waals surface area contributed by atoms with Crippen LogP contribution in [0.2, 0.25) is 0 Å². The van der Waals surface area contributed by atoms with Crippen molar-refractivity contribution in [3.05, 3.63) is 41.5 Å². The van der Waals surface area contributed by atoms with Gasteiger partial charge < -0.3 is 14.6 Å². The molecule has 1 aliphatic rings. The van der Waals surface area contributed by atoms with Crippen molar-refractivity contribution in [3.8, 4) is 5.75 Å². The third-order valence-corrected chi connectivity index (χ3v) is 4.58. The van der Waals surface area contributed by atoms with Gasteiger partial charge in [-0.05, 0) is 38.3 Å². The summed E-state index contributed by atoms with van der Waals surface area (Å²) in [5.41, 5.74) is 1.16. The van der Waals surface area contributed by atoms with E-state index < -0.39 is 6.10 Å². The first kappa shape index (κ1) is 17.5. The van der Waals surface area contributed by atoms with Gasteiger partial charge in [-0.15, -0.1) is 10.2 Å². The molecule has 1 aliphatic heterocycles. The molecular formula is C19H26N4O2. The van der Waals surface area contributed by atoms with E-state index in [2.05, 4.69) is 33.9 Å². The Morgan fingerprint density at radius 1 is 1.20 bits per heavy atom. The number of hydrogen-bond acceptors (Lipinski definition) is 4. The van der Waals surface area contributed by atoms with Gasteiger partial charge >= 0.3 is 0 Å². The van der Waals surface area contributed by atoms with Gasteiger partial charge in [0.25, 0.3) is 5.91 Å². The highest BCUT2D eigenvalue weighted by atomic mass is 16.5. The second-order valence-electron chi connectivity index (χ2n) is 7.03. The first-order valence-electron chi connectivity index (χ1n) is 8.91. The maximum absolute atomic E-state index is 12.6. The number of aromatic nitrogens is 3. The van der Waals surface area contributed by atoms with E-state index in [4.69, 9.17) is 4.74 Å². The molecule has 0 unspecified atom stereocenters. The van der Waals surface area contributed by atoms with Crippen LogP contribution < -0.4 is 10.1 Å². The van der Waals surface area contributed by atoms with Crippen LogP contribution in [0.1, 0.15) is 50.4 Å². The maximum Gasteiger partial charge on any atom is 0.261 e. The topological polar surface area (TPSA) is 69.0 Å². The van der Waals surface area contributed by atoms with Crippen molar-refractivity contribution in [2.24, 2.45) is 5.92 Å². The molecule has 3 rings (SSSR count). The summed E-state index contributed by atoms with van der Waals surface area (Å²) >= 11 is 0. The van der Waals surface area contributed by atoms with Crippen molar-refractivity contribution in [2.75, 3.05) is 0 Å². The lowest BCUT2D eigenvalue weighted by atomic mass is 10.0. The van der Waals surface area contributed by atoms with Crippen molar-refractivity contribution in [3.63, 3.8) is 0 Å². The van der Waals surface area contributed by atoms with Gasteiger partial charge in [-0.3, -0.25) is 4.79 Å². The molecule has 0 fully saturated rings. The van der Waals surface area contributed by atoms with E-state index in [9.17, 15) is 4.79 Å². The van der Waals surface area contributed by atoms with E-state index >= 15 is 0 Å². The minimum atomic E-state index is -0.579. The molecule has 2 heterocycles. The van der Waals surface area contributed by atoms with Gasteiger partial charge in [0.1, 0.15) is 11.6 Å². The first-order chi connectivity index (χ1) is 12.0. The largest absolute Gasteiger partial charge is 0.481 e. The smallest absolute Gasteiger partial charge is 0.261 e. The van der Waals surface area contributed by atoms with E-state index in [-0.39, 0.29) is 17.9 Å². The Kier molecular flexibility index (Phi) is 5.06. The molecule has 1 aromatic heterocycles. The van der Waals surface area contributed by atoms with Crippen molar-refractivity contribution in [2.45, 2.75) is 59.2 Å². The maximum atomic E-state index is 12.6. The van der Waals surface area contributed by atoms with Crippen molar-refractivity contribution in [1.29, 1.82) is 0 Å². The highest BCUT2D eigenvalue weighted by Crippen LogP contribution is 2.25. The van der Waals surface area contributed by atoms with E-state index in [1.807, 2.05) is 31.2 Å². The lowest BCUT2D eigenvalue weighted by Gasteiger charge is -2.24. The molecule has 0 radical (unpaired) electrons. The molecule has 2 aromatic rings. The SMILES string of the molecule is Cc1ccc(O[C@H](C)C(=O)N[C@H](c2nnc3n2CCC3)C(C)C)cc1. The van der Waals surface area contributed by atoms with Crippen LogP contribution in [0.3, 0.4) is 0 Å². The second-order valence-corrected chi connectivity index (χ2v) is 7.03. The fourth-order valence-corrected chi connectivity index (χ4v) is 3.08. The number of ether oxygens (including phenoxy) is 1. The zero-order valence-corrected chi connectivity index (χ0v) is 15.3. The fraction of sp³-hybridized carbons (Fsp3) is 0.526. The van der Waals surface area contributed by atoms with E-state index in [0.29, 0.717) is 5.75 Å². The third-order valence-electron chi connectivity index (χ3n) is 4.58.